The summed E-state index contributed by atoms with van der Waals surface area (Å²) in [7, 11) is 0. The Morgan fingerprint density at radius 3 is 2.60 bits per heavy atom. The number of hydrogen-bond donors (Lipinski definition) is 0. The van der Waals surface area contributed by atoms with E-state index in [1.54, 1.807) is 11.8 Å². The summed E-state index contributed by atoms with van der Waals surface area (Å²) in [6.07, 6.45) is 2.09. The van der Waals surface area contributed by atoms with E-state index in [9.17, 15) is 0 Å². The van der Waals surface area contributed by atoms with E-state index in [1.165, 1.54) is 15.7 Å². The van der Waals surface area contributed by atoms with E-state index in [0.717, 1.165) is 11.2 Å². The highest BCUT2D eigenvalue weighted by atomic mass is 32.2. The van der Waals surface area contributed by atoms with Gasteiger partial charge in [-0.2, -0.15) is 0 Å². The monoisotopic (exact) mass is 214 g/mol. The van der Waals surface area contributed by atoms with Gasteiger partial charge in [-0.25, -0.2) is 0 Å². The quantitative estimate of drug-likeness (QED) is 0.560. The van der Waals surface area contributed by atoms with Crippen LogP contribution in [-0.4, -0.2) is 6.26 Å². The lowest BCUT2D eigenvalue weighted by Crippen LogP contribution is -1.71. The molecule has 0 fully saturated rings. The molecule has 2 aromatic carbocycles. The summed E-state index contributed by atoms with van der Waals surface area (Å²) in [5.74, 6) is 0. The van der Waals surface area contributed by atoms with Gasteiger partial charge in [0.15, 0.2) is 0 Å². The molecule has 0 atom stereocenters. The minimum Gasteiger partial charge on any atom is -0.456 e. The fourth-order valence-corrected chi connectivity index (χ4v) is 2.54. The van der Waals surface area contributed by atoms with Crippen LogP contribution in [0.15, 0.2) is 51.8 Å². The average Bonchev–Trinajstić information content (AvgIpc) is 2.67. The van der Waals surface area contributed by atoms with Crippen LogP contribution < -0.4 is 0 Å². The van der Waals surface area contributed by atoms with E-state index in [1.807, 2.05) is 24.3 Å². The summed E-state index contributed by atoms with van der Waals surface area (Å²) in [6.45, 7) is 0. The molecular formula is C13H10OS. The zero-order valence-corrected chi connectivity index (χ0v) is 9.17. The molecule has 0 amide bonds. The van der Waals surface area contributed by atoms with Gasteiger partial charge in [-0.15, -0.1) is 11.8 Å². The van der Waals surface area contributed by atoms with Crippen LogP contribution in [-0.2, 0) is 0 Å². The Morgan fingerprint density at radius 1 is 0.933 bits per heavy atom. The Labute approximate surface area is 92.1 Å². The van der Waals surface area contributed by atoms with E-state index < -0.39 is 0 Å². The van der Waals surface area contributed by atoms with Gasteiger partial charge in [0, 0.05) is 15.7 Å². The minimum atomic E-state index is 0.967. The molecule has 0 aliphatic carbocycles. The molecule has 0 saturated heterocycles. The van der Waals surface area contributed by atoms with E-state index in [0.29, 0.717) is 0 Å². The van der Waals surface area contributed by atoms with Crippen molar-refractivity contribution in [2.45, 2.75) is 4.90 Å². The lowest BCUT2D eigenvalue weighted by molar-refractivity contribution is 0.668. The predicted octanol–water partition coefficient (Wildman–Crippen LogP) is 4.31. The van der Waals surface area contributed by atoms with Crippen LogP contribution in [0.5, 0.6) is 0 Å². The number of rotatable bonds is 1. The molecule has 15 heavy (non-hydrogen) atoms. The van der Waals surface area contributed by atoms with Crippen LogP contribution in [0.2, 0.25) is 0 Å². The molecule has 2 heteroatoms. The summed E-state index contributed by atoms with van der Waals surface area (Å²) < 4.78 is 5.78. The number of furan rings is 1. The second-order valence-corrected chi connectivity index (χ2v) is 4.28. The maximum absolute atomic E-state index is 5.78. The number of fused-ring (bicyclic) bond motifs is 3. The lowest BCUT2D eigenvalue weighted by Gasteiger charge is -1.97. The van der Waals surface area contributed by atoms with E-state index in [4.69, 9.17) is 4.42 Å². The molecular weight excluding hydrogens is 204 g/mol. The smallest absolute Gasteiger partial charge is 0.136 e. The molecule has 3 rings (SSSR count). The zero-order valence-electron chi connectivity index (χ0n) is 8.36. The fraction of sp³-hybridized carbons (Fsp3) is 0.0769. The van der Waals surface area contributed by atoms with E-state index in [2.05, 4.69) is 24.5 Å². The molecule has 0 aliphatic heterocycles. The van der Waals surface area contributed by atoms with Crippen molar-refractivity contribution < 1.29 is 4.42 Å². The third-order valence-corrected chi connectivity index (χ3v) is 3.36. The summed E-state index contributed by atoms with van der Waals surface area (Å²) in [5, 5.41) is 2.44. The third kappa shape index (κ3) is 1.25. The van der Waals surface area contributed by atoms with Crippen molar-refractivity contribution in [2.75, 3.05) is 6.26 Å². The molecule has 0 spiro atoms. The average molecular weight is 214 g/mol. The Morgan fingerprint density at radius 2 is 1.73 bits per heavy atom. The fourth-order valence-electron chi connectivity index (χ4n) is 1.91. The second-order valence-electron chi connectivity index (χ2n) is 3.43. The molecule has 0 unspecified atom stereocenters. The standard InChI is InChI=1S/C13H10OS/c1-15-12-8-4-7-11-13(12)9-5-2-3-6-10(9)14-11/h2-8H,1H3. The number of hydrogen-bond acceptors (Lipinski definition) is 2. The lowest BCUT2D eigenvalue weighted by atomic mass is 10.1. The van der Waals surface area contributed by atoms with Gasteiger partial charge in [0.05, 0.1) is 0 Å². The molecule has 1 heterocycles. The van der Waals surface area contributed by atoms with Crippen LogP contribution >= 0.6 is 11.8 Å². The van der Waals surface area contributed by atoms with Crippen molar-refractivity contribution in [3.63, 3.8) is 0 Å². The van der Waals surface area contributed by atoms with Crippen LogP contribution in [0.1, 0.15) is 0 Å². The predicted molar refractivity (Wildman–Crippen MR) is 65.5 cm³/mol. The van der Waals surface area contributed by atoms with Crippen molar-refractivity contribution in [1.82, 2.24) is 0 Å². The van der Waals surface area contributed by atoms with Crippen LogP contribution in [0.4, 0.5) is 0 Å². The molecule has 0 bridgehead atoms. The van der Waals surface area contributed by atoms with Gasteiger partial charge in [-0.05, 0) is 24.5 Å². The molecule has 0 saturated carbocycles. The highest BCUT2D eigenvalue weighted by Gasteiger charge is 2.08. The first-order valence-electron chi connectivity index (χ1n) is 4.84. The van der Waals surface area contributed by atoms with E-state index >= 15 is 0 Å². The summed E-state index contributed by atoms with van der Waals surface area (Å²) >= 11 is 1.76. The Hall–Kier alpha value is -1.41. The molecule has 3 aromatic rings. The van der Waals surface area contributed by atoms with Gasteiger partial charge in [-0.1, -0.05) is 24.3 Å². The van der Waals surface area contributed by atoms with Crippen LogP contribution in [0.3, 0.4) is 0 Å². The van der Waals surface area contributed by atoms with Gasteiger partial charge in [0.2, 0.25) is 0 Å². The zero-order chi connectivity index (χ0) is 10.3. The van der Waals surface area contributed by atoms with Crippen LogP contribution in [0.25, 0.3) is 21.9 Å². The van der Waals surface area contributed by atoms with Crippen LogP contribution in [0, 0.1) is 0 Å². The first kappa shape index (κ1) is 8.86. The maximum Gasteiger partial charge on any atom is 0.136 e. The van der Waals surface area contributed by atoms with E-state index in [-0.39, 0.29) is 0 Å². The highest BCUT2D eigenvalue weighted by molar-refractivity contribution is 7.98. The van der Waals surface area contributed by atoms with Gasteiger partial charge in [0.25, 0.3) is 0 Å². The van der Waals surface area contributed by atoms with Gasteiger partial charge in [0.1, 0.15) is 11.2 Å². The summed E-state index contributed by atoms with van der Waals surface area (Å²) in [5.41, 5.74) is 1.94. The Kier molecular flexibility index (Phi) is 1.96. The molecule has 1 aromatic heterocycles. The SMILES string of the molecule is CSc1cccc2oc3ccccc3c12. The van der Waals surface area contributed by atoms with Crippen molar-refractivity contribution in [1.29, 1.82) is 0 Å². The first-order chi connectivity index (χ1) is 7.40. The van der Waals surface area contributed by atoms with Crippen molar-refractivity contribution in [3.05, 3.63) is 42.5 Å². The Bertz CT molecular complexity index is 625. The Balaban J connectivity index is 2.56. The highest BCUT2D eigenvalue weighted by Crippen LogP contribution is 2.34. The molecule has 0 radical (unpaired) electrons. The first-order valence-corrected chi connectivity index (χ1v) is 6.07. The largest absolute Gasteiger partial charge is 0.456 e. The molecule has 0 N–H and O–H groups in total. The van der Waals surface area contributed by atoms with Crippen molar-refractivity contribution in [2.24, 2.45) is 0 Å². The second kappa shape index (κ2) is 3.31. The van der Waals surface area contributed by atoms with Gasteiger partial charge < -0.3 is 4.42 Å². The normalized spacial score (nSPS) is 11.3. The van der Waals surface area contributed by atoms with Crippen molar-refractivity contribution >= 4 is 33.7 Å². The van der Waals surface area contributed by atoms with Gasteiger partial charge >= 0.3 is 0 Å². The van der Waals surface area contributed by atoms with Gasteiger partial charge in [-0.3, -0.25) is 0 Å². The molecule has 0 aliphatic rings. The number of para-hydroxylation sites is 1. The van der Waals surface area contributed by atoms with Crippen molar-refractivity contribution in [3.8, 4) is 0 Å². The minimum absolute atomic E-state index is 0.967. The third-order valence-electron chi connectivity index (χ3n) is 2.58. The number of benzene rings is 2. The summed E-state index contributed by atoms with van der Waals surface area (Å²) in [4.78, 5) is 1.28. The summed E-state index contributed by atoms with van der Waals surface area (Å²) in [6, 6.07) is 14.4. The number of thioether (sulfide) groups is 1. The molecule has 74 valence electrons. The molecule has 1 nitrogen and oxygen atoms in total. The topological polar surface area (TPSA) is 13.1 Å². The maximum atomic E-state index is 5.78.